The Hall–Kier alpha value is -0.900. The minimum absolute atomic E-state index is 0.0480. The monoisotopic (exact) mass is 296 g/mol. The number of nitrogens with zero attached hydrogens (tertiary/aromatic N) is 2. The average Bonchev–Trinajstić information content (AvgIpc) is 2.84. The van der Waals surface area contributed by atoms with Crippen LogP contribution in [0.25, 0.3) is 0 Å². The molecule has 2 rings (SSSR count). The van der Waals surface area contributed by atoms with E-state index in [1.54, 1.807) is 6.20 Å². The van der Waals surface area contributed by atoms with Gasteiger partial charge in [0.2, 0.25) is 0 Å². The number of pyridine rings is 1. The first-order valence-electron chi connectivity index (χ1n) is 6.15. The summed E-state index contributed by atoms with van der Waals surface area (Å²) in [5, 5.41) is 0. The van der Waals surface area contributed by atoms with Crippen LogP contribution in [0.2, 0.25) is 0 Å². The highest BCUT2D eigenvalue weighted by Gasteiger charge is 2.27. The Morgan fingerprint density at radius 2 is 2.24 bits per heavy atom. The van der Waals surface area contributed by atoms with Crippen LogP contribution >= 0.6 is 15.9 Å². The highest BCUT2D eigenvalue weighted by atomic mass is 79.9. The Labute approximate surface area is 110 Å². The van der Waals surface area contributed by atoms with Crippen molar-refractivity contribution in [2.75, 3.05) is 6.54 Å². The summed E-state index contributed by atoms with van der Waals surface area (Å²) in [4.78, 5) is 18.6. The maximum absolute atomic E-state index is 12.4. The van der Waals surface area contributed by atoms with Gasteiger partial charge in [-0.2, -0.15) is 0 Å². The lowest BCUT2D eigenvalue weighted by molar-refractivity contribution is 0.0686. The van der Waals surface area contributed by atoms with Gasteiger partial charge in [0.05, 0.1) is 0 Å². The summed E-state index contributed by atoms with van der Waals surface area (Å²) < 4.78 is 0.779. The molecule has 0 bridgehead atoms. The van der Waals surface area contributed by atoms with Crippen molar-refractivity contribution in [3.05, 3.63) is 28.5 Å². The Balaban J connectivity index is 2.20. The maximum atomic E-state index is 12.4. The van der Waals surface area contributed by atoms with E-state index in [2.05, 4.69) is 20.9 Å². The van der Waals surface area contributed by atoms with E-state index in [0.717, 1.165) is 23.9 Å². The van der Waals surface area contributed by atoms with Crippen LogP contribution in [0.4, 0.5) is 0 Å². The molecule has 1 saturated carbocycles. The highest BCUT2D eigenvalue weighted by molar-refractivity contribution is 9.10. The number of rotatable bonds is 3. The summed E-state index contributed by atoms with van der Waals surface area (Å²) in [6.45, 7) is 2.79. The summed E-state index contributed by atoms with van der Waals surface area (Å²) in [5.74, 6) is 0.0480. The minimum atomic E-state index is 0.0480. The number of carbonyl (C=O) groups is 1. The van der Waals surface area contributed by atoms with Gasteiger partial charge in [0.15, 0.2) is 0 Å². The Morgan fingerprint density at radius 3 is 2.82 bits per heavy atom. The van der Waals surface area contributed by atoms with Crippen LogP contribution in [0, 0.1) is 0 Å². The van der Waals surface area contributed by atoms with Gasteiger partial charge in [-0.15, -0.1) is 0 Å². The second-order valence-corrected chi connectivity index (χ2v) is 5.22. The number of halogens is 1. The molecule has 4 heteroatoms. The van der Waals surface area contributed by atoms with Gasteiger partial charge in [0.25, 0.3) is 5.91 Å². The van der Waals surface area contributed by atoms with Crippen molar-refractivity contribution in [2.45, 2.75) is 38.6 Å². The molecule has 3 nitrogen and oxygen atoms in total. The van der Waals surface area contributed by atoms with Crippen LogP contribution < -0.4 is 0 Å². The van der Waals surface area contributed by atoms with Gasteiger partial charge < -0.3 is 4.90 Å². The standard InChI is InChI=1S/C13H17BrN2O/c1-2-16(10-6-3-4-7-10)13(17)12-11(14)8-5-9-15-12/h5,8-10H,2-4,6-7H2,1H3. The van der Waals surface area contributed by atoms with Gasteiger partial charge in [-0.05, 0) is 47.8 Å². The minimum Gasteiger partial charge on any atom is -0.335 e. The first-order valence-corrected chi connectivity index (χ1v) is 6.94. The van der Waals surface area contributed by atoms with E-state index in [9.17, 15) is 4.79 Å². The molecule has 17 heavy (non-hydrogen) atoms. The molecule has 0 radical (unpaired) electrons. The van der Waals surface area contributed by atoms with Crippen LogP contribution in [-0.4, -0.2) is 28.4 Å². The maximum Gasteiger partial charge on any atom is 0.273 e. The number of hydrogen-bond acceptors (Lipinski definition) is 2. The van der Waals surface area contributed by atoms with E-state index in [4.69, 9.17) is 0 Å². The fourth-order valence-corrected chi connectivity index (χ4v) is 2.89. The molecule has 0 saturated heterocycles. The predicted molar refractivity (Wildman–Crippen MR) is 70.9 cm³/mol. The lowest BCUT2D eigenvalue weighted by Crippen LogP contribution is -2.39. The molecule has 1 heterocycles. The first kappa shape index (κ1) is 12.6. The molecule has 1 aromatic rings. The number of carbonyl (C=O) groups excluding carboxylic acids is 1. The number of amides is 1. The van der Waals surface area contributed by atoms with Crippen LogP contribution in [0.5, 0.6) is 0 Å². The van der Waals surface area contributed by atoms with E-state index in [-0.39, 0.29) is 5.91 Å². The Bertz CT molecular complexity index is 402. The van der Waals surface area contributed by atoms with Gasteiger partial charge in [-0.25, -0.2) is 4.98 Å². The van der Waals surface area contributed by atoms with E-state index in [1.807, 2.05) is 24.0 Å². The quantitative estimate of drug-likeness (QED) is 0.858. The van der Waals surface area contributed by atoms with E-state index in [0.29, 0.717) is 11.7 Å². The second kappa shape index (κ2) is 5.63. The fraction of sp³-hybridized carbons (Fsp3) is 0.538. The lowest BCUT2D eigenvalue weighted by Gasteiger charge is -2.27. The van der Waals surface area contributed by atoms with Crippen molar-refractivity contribution in [2.24, 2.45) is 0 Å². The lowest BCUT2D eigenvalue weighted by atomic mass is 10.2. The summed E-state index contributed by atoms with van der Waals surface area (Å²) in [5.41, 5.74) is 0.529. The number of aromatic nitrogens is 1. The smallest absolute Gasteiger partial charge is 0.273 e. The zero-order valence-corrected chi connectivity index (χ0v) is 11.6. The molecule has 0 aromatic carbocycles. The summed E-state index contributed by atoms with van der Waals surface area (Å²) >= 11 is 3.39. The van der Waals surface area contributed by atoms with Crippen LogP contribution in [0.1, 0.15) is 43.1 Å². The normalized spacial score (nSPS) is 16.1. The summed E-state index contributed by atoms with van der Waals surface area (Å²) in [7, 11) is 0. The predicted octanol–water partition coefficient (Wildman–Crippen LogP) is 3.25. The third-order valence-electron chi connectivity index (χ3n) is 3.33. The third kappa shape index (κ3) is 2.68. The summed E-state index contributed by atoms with van der Waals surface area (Å²) in [6, 6.07) is 4.09. The van der Waals surface area contributed by atoms with Gasteiger partial charge in [-0.3, -0.25) is 4.79 Å². The van der Waals surface area contributed by atoms with Gasteiger partial charge in [0.1, 0.15) is 5.69 Å². The van der Waals surface area contributed by atoms with Crippen molar-refractivity contribution in [3.63, 3.8) is 0 Å². The second-order valence-electron chi connectivity index (χ2n) is 4.36. The topological polar surface area (TPSA) is 33.2 Å². The third-order valence-corrected chi connectivity index (χ3v) is 3.97. The SMILES string of the molecule is CCN(C(=O)c1ncccc1Br)C1CCCC1. The molecule has 1 aliphatic carbocycles. The van der Waals surface area contributed by atoms with E-state index >= 15 is 0 Å². The molecular weight excluding hydrogens is 280 g/mol. The molecule has 0 N–H and O–H groups in total. The molecule has 1 amide bonds. The van der Waals surface area contributed by atoms with Gasteiger partial charge >= 0.3 is 0 Å². The molecule has 1 aromatic heterocycles. The Kier molecular flexibility index (Phi) is 4.15. The van der Waals surface area contributed by atoms with Crippen molar-refractivity contribution in [1.82, 2.24) is 9.88 Å². The largest absolute Gasteiger partial charge is 0.335 e. The van der Waals surface area contributed by atoms with Gasteiger partial charge in [-0.1, -0.05) is 12.8 Å². The Morgan fingerprint density at radius 1 is 1.53 bits per heavy atom. The van der Waals surface area contributed by atoms with E-state index < -0.39 is 0 Å². The highest BCUT2D eigenvalue weighted by Crippen LogP contribution is 2.25. The molecule has 1 fully saturated rings. The van der Waals surface area contributed by atoms with Crippen LogP contribution in [-0.2, 0) is 0 Å². The zero-order valence-electron chi connectivity index (χ0n) is 10.0. The van der Waals surface area contributed by atoms with Gasteiger partial charge in [0, 0.05) is 23.3 Å². The first-order chi connectivity index (χ1) is 8.24. The van der Waals surface area contributed by atoms with E-state index in [1.165, 1.54) is 12.8 Å². The van der Waals surface area contributed by atoms with Crippen LogP contribution in [0.3, 0.4) is 0 Å². The molecule has 0 unspecified atom stereocenters. The number of hydrogen-bond donors (Lipinski definition) is 0. The molecule has 0 spiro atoms. The van der Waals surface area contributed by atoms with Crippen molar-refractivity contribution >= 4 is 21.8 Å². The van der Waals surface area contributed by atoms with Crippen molar-refractivity contribution in [3.8, 4) is 0 Å². The average molecular weight is 297 g/mol. The molecule has 92 valence electrons. The fourth-order valence-electron chi connectivity index (χ4n) is 2.46. The molecule has 0 aliphatic heterocycles. The van der Waals surface area contributed by atoms with Crippen molar-refractivity contribution < 1.29 is 4.79 Å². The zero-order chi connectivity index (χ0) is 12.3. The van der Waals surface area contributed by atoms with Crippen LogP contribution in [0.15, 0.2) is 22.8 Å². The summed E-state index contributed by atoms with van der Waals surface area (Å²) in [6.07, 6.45) is 6.39. The van der Waals surface area contributed by atoms with Crippen molar-refractivity contribution in [1.29, 1.82) is 0 Å². The molecule has 0 atom stereocenters. The molecular formula is C13H17BrN2O. The molecule has 1 aliphatic rings.